The van der Waals surface area contributed by atoms with Crippen LogP contribution in [0.3, 0.4) is 0 Å². The van der Waals surface area contributed by atoms with E-state index in [1.54, 1.807) is 0 Å². The number of nitrogens with one attached hydrogen (secondary N) is 2. The fraction of sp³-hybridized carbons (Fsp3) is 0.235. The standard InChI is InChI=1S/C17H17ClFN3O2/c1-2-3-7-21-17(24)15-9-11(6-8-20-15)16(23)22-12-4-5-14(19)13(18)10-12/h4-6,8-10H,2-3,7H2,1H3,(H,21,24)(H,22,23). The number of hydrogen-bond acceptors (Lipinski definition) is 3. The lowest BCUT2D eigenvalue weighted by Gasteiger charge is -2.08. The Bertz CT molecular complexity index is 752. The van der Waals surface area contributed by atoms with E-state index >= 15 is 0 Å². The molecule has 0 unspecified atom stereocenters. The fourth-order valence-electron chi connectivity index (χ4n) is 1.94. The number of rotatable bonds is 6. The van der Waals surface area contributed by atoms with Crippen molar-refractivity contribution in [2.45, 2.75) is 19.8 Å². The molecule has 0 atom stereocenters. The number of benzene rings is 1. The van der Waals surface area contributed by atoms with Crippen molar-refractivity contribution >= 4 is 29.1 Å². The van der Waals surface area contributed by atoms with Gasteiger partial charge in [-0.15, -0.1) is 0 Å². The zero-order chi connectivity index (χ0) is 17.5. The fourth-order valence-corrected chi connectivity index (χ4v) is 2.12. The summed E-state index contributed by atoms with van der Waals surface area (Å²) in [5.74, 6) is -1.34. The first-order chi connectivity index (χ1) is 11.5. The third-order valence-electron chi connectivity index (χ3n) is 3.25. The second kappa shape index (κ2) is 8.40. The molecule has 2 aromatic rings. The third kappa shape index (κ3) is 4.76. The van der Waals surface area contributed by atoms with E-state index in [-0.39, 0.29) is 22.2 Å². The Kier molecular flexibility index (Phi) is 6.26. The maximum atomic E-state index is 13.1. The number of amides is 2. The summed E-state index contributed by atoms with van der Waals surface area (Å²) in [7, 11) is 0. The molecule has 2 N–H and O–H groups in total. The minimum Gasteiger partial charge on any atom is -0.351 e. The van der Waals surface area contributed by atoms with Gasteiger partial charge in [0.1, 0.15) is 11.5 Å². The van der Waals surface area contributed by atoms with Crippen molar-refractivity contribution in [3.8, 4) is 0 Å². The average Bonchev–Trinajstić information content (AvgIpc) is 2.58. The topological polar surface area (TPSA) is 71.1 Å². The summed E-state index contributed by atoms with van der Waals surface area (Å²) in [4.78, 5) is 28.2. The van der Waals surface area contributed by atoms with Crippen molar-refractivity contribution in [1.29, 1.82) is 0 Å². The lowest BCUT2D eigenvalue weighted by atomic mass is 10.2. The van der Waals surface area contributed by atoms with Gasteiger partial charge < -0.3 is 10.6 Å². The molecule has 126 valence electrons. The first-order valence-corrected chi connectivity index (χ1v) is 7.89. The van der Waals surface area contributed by atoms with Gasteiger partial charge >= 0.3 is 0 Å². The first-order valence-electron chi connectivity index (χ1n) is 7.52. The molecule has 0 aliphatic heterocycles. The number of carbonyl (C=O) groups is 2. The Hall–Kier alpha value is -2.47. The number of anilines is 1. The molecule has 24 heavy (non-hydrogen) atoms. The van der Waals surface area contributed by atoms with Gasteiger partial charge in [0.2, 0.25) is 0 Å². The van der Waals surface area contributed by atoms with Crippen LogP contribution in [0.15, 0.2) is 36.5 Å². The van der Waals surface area contributed by atoms with E-state index in [2.05, 4.69) is 15.6 Å². The third-order valence-corrected chi connectivity index (χ3v) is 3.54. The van der Waals surface area contributed by atoms with Crippen LogP contribution in [0, 0.1) is 5.82 Å². The van der Waals surface area contributed by atoms with Gasteiger partial charge in [0.05, 0.1) is 5.02 Å². The van der Waals surface area contributed by atoms with Crippen molar-refractivity contribution in [2.24, 2.45) is 0 Å². The summed E-state index contributed by atoms with van der Waals surface area (Å²) in [5, 5.41) is 5.25. The Morgan fingerprint density at radius 2 is 2.00 bits per heavy atom. The van der Waals surface area contributed by atoms with Crippen LogP contribution in [0.2, 0.25) is 5.02 Å². The average molecular weight is 350 g/mol. The molecular formula is C17H17ClFN3O2. The van der Waals surface area contributed by atoms with E-state index in [1.807, 2.05) is 6.92 Å². The van der Waals surface area contributed by atoms with Crippen LogP contribution < -0.4 is 10.6 Å². The van der Waals surface area contributed by atoms with Gasteiger partial charge in [-0.05, 0) is 36.8 Å². The SMILES string of the molecule is CCCCNC(=O)c1cc(C(=O)Nc2ccc(F)c(Cl)c2)ccn1. The molecule has 0 saturated carbocycles. The van der Waals surface area contributed by atoms with E-state index in [1.165, 1.54) is 30.5 Å². The zero-order valence-corrected chi connectivity index (χ0v) is 13.9. The Morgan fingerprint density at radius 1 is 1.21 bits per heavy atom. The van der Waals surface area contributed by atoms with E-state index < -0.39 is 11.7 Å². The van der Waals surface area contributed by atoms with Crippen LogP contribution in [-0.4, -0.2) is 23.3 Å². The quantitative estimate of drug-likeness (QED) is 0.782. The minimum atomic E-state index is -0.565. The first kappa shape index (κ1) is 17.9. The Labute approximate surface area is 144 Å². The number of halogens is 2. The molecule has 1 heterocycles. The largest absolute Gasteiger partial charge is 0.351 e. The molecule has 1 aromatic heterocycles. The highest BCUT2D eigenvalue weighted by Gasteiger charge is 2.12. The number of aromatic nitrogens is 1. The molecular weight excluding hydrogens is 333 g/mol. The molecule has 0 spiro atoms. The number of nitrogens with zero attached hydrogens (tertiary/aromatic N) is 1. The second-order valence-electron chi connectivity index (χ2n) is 5.12. The van der Waals surface area contributed by atoms with Gasteiger partial charge in [0.25, 0.3) is 11.8 Å². The van der Waals surface area contributed by atoms with Crippen LogP contribution in [0.1, 0.15) is 40.6 Å². The number of unbranched alkanes of at least 4 members (excludes halogenated alkanes) is 1. The van der Waals surface area contributed by atoms with Crippen molar-refractivity contribution in [3.05, 3.63) is 58.6 Å². The van der Waals surface area contributed by atoms with E-state index in [0.29, 0.717) is 12.2 Å². The predicted molar refractivity (Wildman–Crippen MR) is 90.8 cm³/mol. The predicted octanol–water partition coefficient (Wildman–Crippen LogP) is 3.66. The van der Waals surface area contributed by atoms with Gasteiger partial charge in [0, 0.05) is 24.0 Å². The van der Waals surface area contributed by atoms with E-state index in [4.69, 9.17) is 11.6 Å². The van der Waals surface area contributed by atoms with Crippen LogP contribution in [0.4, 0.5) is 10.1 Å². The van der Waals surface area contributed by atoms with Crippen LogP contribution in [0.5, 0.6) is 0 Å². The highest BCUT2D eigenvalue weighted by atomic mass is 35.5. The summed E-state index contributed by atoms with van der Waals surface area (Å²) < 4.78 is 13.1. The molecule has 2 rings (SSSR count). The van der Waals surface area contributed by atoms with E-state index in [9.17, 15) is 14.0 Å². The molecule has 0 fully saturated rings. The normalized spacial score (nSPS) is 10.3. The summed E-state index contributed by atoms with van der Waals surface area (Å²) in [5.41, 5.74) is 0.791. The molecule has 0 bridgehead atoms. The Balaban J connectivity index is 2.08. The van der Waals surface area contributed by atoms with Crippen molar-refractivity contribution < 1.29 is 14.0 Å². The summed E-state index contributed by atoms with van der Waals surface area (Å²) >= 11 is 5.68. The second-order valence-corrected chi connectivity index (χ2v) is 5.53. The monoisotopic (exact) mass is 349 g/mol. The molecule has 5 nitrogen and oxygen atoms in total. The van der Waals surface area contributed by atoms with Gasteiger partial charge in [-0.3, -0.25) is 14.6 Å². The van der Waals surface area contributed by atoms with Gasteiger partial charge in [-0.2, -0.15) is 0 Å². The smallest absolute Gasteiger partial charge is 0.269 e. The van der Waals surface area contributed by atoms with Crippen molar-refractivity contribution in [3.63, 3.8) is 0 Å². The zero-order valence-electron chi connectivity index (χ0n) is 13.1. The maximum Gasteiger partial charge on any atom is 0.269 e. The van der Waals surface area contributed by atoms with Gasteiger partial charge in [-0.1, -0.05) is 24.9 Å². The highest BCUT2D eigenvalue weighted by Crippen LogP contribution is 2.20. The van der Waals surface area contributed by atoms with Crippen LogP contribution >= 0.6 is 11.6 Å². The molecule has 2 amide bonds. The minimum absolute atomic E-state index is 0.0847. The lowest BCUT2D eigenvalue weighted by molar-refractivity contribution is 0.0948. The summed E-state index contributed by atoms with van der Waals surface area (Å²) in [6.45, 7) is 2.58. The highest BCUT2D eigenvalue weighted by molar-refractivity contribution is 6.31. The summed E-state index contributed by atoms with van der Waals surface area (Å²) in [6.07, 6.45) is 3.23. The lowest BCUT2D eigenvalue weighted by Crippen LogP contribution is -2.25. The maximum absolute atomic E-state index is 13.1. The number of hydrogen-bond donors (Lipinski definition) is 2. The summed E-state index contributed by atoms with van der Waals surface area (Å²) in [6, 6.07) is 6.77. The number of pyridine rings is 1. The Morgan fingerprint density at radius 3 is 2.71 bits per heavy atom. The van der Waals surface area contributed by atoms with Crippen LogP contribution in [0.25, 0.3) is 0 Å². The van der Waals surface area contributed by atoms with Gasteiger partial charge in [0.15, 0.2) is 0 Å². The number of carbonyl (C=O) groups excluding carboxylic acids is 2. The van der Waals surface area contributed by atoms with Crippen molar-refractivity contribution in [1.82, 2.24) is 10.3 Å². The van der Waals surface area contributed by atoms with Crippen molar-refractivity contribution in [2.75, 3.05) is 11.9 Å². The molecule has 0 aliphatic rings. The molecule has 0 saturated heterocycles. The van der Waals surface area contributed by atoms with E-state index in [0.717, 1.165) is 18.9 Å². The molecule has 7 heteroatoms. The molecule has 0 radical (unpaired) electrons. The molecule has 0 aliphatic carbocycles. The molecule has 1 aromatic carbocycles. The van der Waals surface area contributed by atoms with Gasteiger partial charge in [-0.25, -0.2) is 4.39 Å². The van der Waals surface area contributed by atoms with Crippen LogP contribution in [-0.2, 0) is 0 Å².